The second-order valence-electron chi connectivity index (χ2n) is 5.34. The highest BCUT2D eigenvalue weighted by Gasteiger charge is 2.20. The Kier molecular flexibility index (Phi) is 4.28. The van der Waals surface area contributed by atoms with Crippen LogP contribution in [0.15, 0.2) is 69.9 Å². The number of aromatic nitrogens is 1. The van der Waals surface area contributed by atoms with Crippen molar-refractivity contribution in [3.63, 3.8) is 0 Å². The van der Waals surface area contributed by atoms with Gasteiger partial charge in [0, 0.05) is 5.56 Å². The number of benzene rings is 1. The molecular formula is C19H14N2O4S. The van der Waals surface area contributed by atoms with Crippen molar-refractivity contribution in [1.29, 1.82) is 0 Å². The number of thiazole rings is 1. The molecule has 0 saturated carbocycles. The van der Waals surface area contributed by atoms with Gasteiger partial charge in [-0.25, -0.2) is 4.98 Å². The van der Waals surface area contributed by atoms with E-state index < -0.39 is 0 Å². The third-order valence-corrected chi connectivity index (χ3v) is 4.66. The lowest BCUT2D eigenvalue weighted by molar-refractivity contribution is 0.102. The van der Waals surface area contributed by atoms with E-state index in [1.165, 1.54) is 11.3 Å². The first-order valence-corrected chi connectivity index (χ1v) is 8.60. The molecule has 7 heteroatoms. The zero-order chi connectivity index (χ0) is 17.9. The van der Waals surface area contributed by atoms with Gasteiger partial charge in [0.2, 0.25) is 0 Å². The van der Waals surface area contributed by atoms with Gasteiger partial charge in [0.15, 0.2) is 10.9 Å². The highest BCUT2D eigenvalue weighted by atomic mass is 32.1. The summed E-state index contributed by atoms with van der Waals surface area (Å²) in [7, 11) is 1.56. The summed E-state index contributed by atoms with van der Waals surface area (Å²) in [5.41, 5.74) is 1.11. The van der Waals surface area contributed by atoms with Gasteiger partial charge in [0.25, 0.3) is 5.91 Å². The molecule has 0 radical (unpaired) electrons. The fraction of sp³-hybridized carbons (Fsp3) is 0.0526. The Morgan fingerprint density at radius 2 is 1.85 bits per heavy atom. The van der Waals surface area contributed by atoms with Crippen LogP contribution in [0.2, 0.25) is 0 Å². The van der Waals surface area contributed by atoms with E-state index in [9.17, 15) is 4.79 Å². The molecule has 0 aliphatic heterocycles. The number of carbonyl (C=O) groups is 1. The molecule has 26 heavy (non-hydrogen) atoms. The SMILES string of the molecule is COc1cccc(C(=O)Nc2nc(-c3ccco3)c(-c3ccco3)s2)c1. The minimum atomic E-state index is -0.269. The average molecular weight is 366 g/mol. The fourth-order valence-electron chi connectivity index (χ4n) is 2.46. The zero-order valence-corrected chi connectivity index (χ0v) is 14.6. The summed E-state index contributed by atoms with van der Waals surface area (Å²) >= 11 is 1.32. The summed E-state index contributed by atoms with van der Waals surface area (Å²) in [6.45, 7) is 0. The van der Waals surface area contributed by atoms with Crippen LogP contribution in [0.5, 0.6) is 5.75 Å². The second-order valence-corrected chi connectivity index (χ2v) is 6.34. The quantitative estimate of drug-likeness (QED) is 0.542. The number of hydrogen-bond donors (Lipinski definition) is 1. The minimum absolute atomic E-state index is 0.269. The molecule has 3 heterocycles. The van der Waals surface area contributed by atoms with Crippen molar-refractivity contribution in [2.45, 2.75) is 0 Å². The van der Waals surface area contributed by atoms with E-state index in [0.717, 1.165) is 4.88 Å². The second kappa shape index (κ2) is 6.89. The standard InChI is InChI=1S/C19H14N2O4S/c1-23-13-6-2-5-12(11-13)18(22)21-19-20-16(14-7-3-9-24-14)17(26-19)15-8-4-10-25-15/h2-11H,1H3,(H,20,21,22). The monoisotopic (exact) mass is 366 g/mol. The van der Waals surface area contributed by atoms with Crippen LogP contribution in [0.4, 0.5) is 5.13 Å². The summed E-state index contributed by atoms with van der Waals surface area (Å²) < 4.78 is 16.1. The number of rotatable bonds is 5. The van der Waals surface area contributed by atoms with Gasteiger partial charge in [0.1, 0.15) is 22.1 Å². The van der Waals surface area contributed by atoms with Crippen LogP contribution in [0.1, 0.15) is 10.4 Å². The molecule has 4 aromatic rings. The molecule has 0 fully saturated rings. The number of nitrogens with zero attached hydrogens (tertiary/aromatic N) is 1. The first-order valence-electron chi connectivity index (χ1n) is 7.78. The molecule has 130 valence electrons. The van der Waals surface area contributed by atoms with Crippen molar-refractivity contribution < 1.29 is 18.4 Å². The number of carbonyl (C=O) groups excluding carboxylic acids is 1. The summed E-state index contributed by atoms with van der Waals surface area (Å²) in [4.78, 5) is 17.8. The molecule has 0 saturated heterocycles. The summed E-state index contributed by atoms with van der Waals surface area (Å²) in [6.07, 6.45) is 3.17. The number of amides is 1. The Labute approximate surface area is 153 Å². The van der Waals surface area contributed by atoms with Crippen molar-refractivity contribution in [2.75, 3.05) is 12.4 Å². The normalized spacial score (nSPS) is 10.7. The molecule has 0 atom stereocenters. The molecule has 1 aromatic carbocycles. The van der Waals surface area contributed by atoms with Crippen LogP contribution >= 0.6 is 11.3 Å². The van der Waals surface area contributed by atoms with E-state index in [2.05, 4.69) is 10.3 Å². The molecule has 0 spiro atoms. The summed E-state index contributed by atoms with van der Waals surface area (Å²) in [5, 5.41) is 3.28. The highest BCUT2D eigenvalue weighted by molar-refractivity contribution is 7.19. The maximum Gasteiger partial charge on any atom is 0.257 e. The Morgan fingerprint density at radius 1 is 1.08 bits per heavy atom. The van der Waals surface area contributed by atoms with Crippen molar-refractivity contribution in [2.24, 2.45) is 0 Å². The highest BCUT2D eigenvalue weighted by Crippen LogP contribution is 2.39. The lowest BCUT2D eigenvalue weighted by Crippen LogP contribution is -2.11. The van der Waals surface area contributed by atoms with Gasteiger partial charge < -0.3 is 13.6 Å². The van der Waals surface area contributed by atoms with Crippen LogP contribution in [0.25, 0.3) is 22.1 Å². The van der Waals surface area contributed by atoms with Gasteiger partial charge in [-0.2, -0.15) is 0 Å². The number of anilines is 1. The minimum Gasteiger partial charge on any atom is -0.497 e. The van der Waals surface area contributed by atoms with Gasteiger partial charge >= 0.3 is 0 Å². The number of hydrogen-bond acceptors (Lipinski definition) is 6. The van der Waals surface area contributed by atoms with Gasteiger partial charge in [0.05, 0.1) is 19.6 Å². The molecule has 0 aliphatic carbocycles. The lowest BCUT2D eigenvalue weighted by Gasteiger charge is -2.04. The van der Waals surface area contributed by atoms with E-state index in [1.54, 1.807) is 56.0 Å². The Balaban J connectivity index is 1.67. The van der Waals surface area contributed by atoms with E-state index in [4.69, 9.17) is 13.6 Å². The van der Waals surface area contributed by atoms with Crippen LogP contribution in [0, 0.1) is 0 Å². The Bertz CT molecular complexity index is 968. The molecule has 0 aliphatic rings. The predicted molar refractivity (Wildman–Crippen MR) is 98.5 cm³/mol. The van der Waals surface area contributed by atoms with Gasteiger partial charge in [-0.3, -0.25) is 10.1 Å². The van der Waals surface area contributed by atoms with E-state index in [-0.39, 0.29) is 5.91 Å². The topological polar surface area (TPSA) is 77.5 Å². The smallest absolute Gasteiger partial charge is 0.257 e. The molecule has 6 nitrogen and oxygen atoms in total. The maximum atomic E-state index is 12.5. The predicted octanol–water partition coefficient (Wildman–Crippen LogP) is 4.92. The van der Waals surface area contributed by atoms with Gasteiger partial charge in [-0.05, 0) is 42.5 Å². The molecule has 4 rings (SSSR count). The molecule has 0 unspecified atom stereocenters. The molecule has 1 amide bonds. The van der Waals surface area contributed by atoms with E-state index in [0.29, 0.717) is 33.7 Å². The number of methoxy groups -OCH3 is 1. The van der Waals surface area contributed by atoms with Crippen molar-refractivity contribution in [1.82, 2.24) is 4.98 Å². The number of nitrogens with one attached hydrogen (secondary N) is 1. The Hall–Kier alpha value is -3.32. The Morgan fingerprint density at radius 3 is 2.54 bits per heavy atom. The van der Waals surface area contributed by atoms with Crippen LogP contribution in [-0.4, -0.2) is 18.0 Å². The largest absolute Gasteiger partial charge is 0.497 e. The summed E-state index contributed by atoms with van der Waals surface area (Å²) in [6, 6.07) is 14.2. The van der Waals surface area contributed by atoms with Crippen molar-refractivity contribution >= 4 is 22.4 Å². The third kappa shape index (κ3) is 3.12. The number of furan rings is 2. The van der Waals surface area contributed by atoms with Crippen LogP contribution in [-0.2, 0) is 0 Å². The van der Waals surface area contributed by atoms with Crippen molar-refractivity contribution in [3.8, 4) is 27.8 Å². The van der Waals surface area contributed by atoms with Crippen LogP contribution in [0.3, 0.4) is 0 Å². The first kappa shape index (κ1) is 16.2. The van der Waals surface area contributed by atoms with Gasteiger partial charge in [-0.15, -0.1) is 0 Å². The molecule has 3 aromatic heterocycles. The molecule has 0 bridgehead atoms. The lowest BCUT2D eigenvalue weighted by atomic mass is 10.2. The maximum absolute atomic E-state index is 12.5. The third-order valence-electron chi connectivity index (χ3n) is 3.68. The number of ether oxygens (including phenoxy) is 1. The van der Waals surface area contributed by atoms with Crippen LogP contribution < -0.4 is 10.1 Å². The van der Waals surface area contributed by atoms with Gasteiger partial charge in [-0.1, -0.05) is 17.4 Å². The van der Waals surface area contributed by atoms with E-state index >= 15 is 0 Å². The van der Waals surface area contributed by atoms with Crippen molar-refractivity contribution in [3.05, 3.63) is 66.6 Å². The molecular weight excluding hydrogens is 352 g/mol. The zero-order valence-electron chi connectivity index (χ0n) is 13.8. The molecule has 1 N–H and O–H groups in total. The first-order chi connectivity index (χ1) is 12.7. The summed E-state index contributed by atoms with van der Waals surface area (Å²) in [5.74, 6) is 1.62. The fourth-order valence-corrected chi connectivity index (χ4v) is 3.40. The van der Waals surface area contributed by atoms with E-state index in [1.807, 2.05) is 12.1 Å². The average Bonchev–Trinajstić information content (AvgIpc) is 3.41.